The molecule has 1 aromatic heterocycles. The molecule has 1 aliphatic rings. The van der Waals surface area contributed by atoms with Crippen molar-refractivity contribution in [3.05, 3.63) is 23.9 Å². The third-order valence-electron chi connectivity index (χ3n) is 3.04. The summed E-state index contributed by atoms with van der Waals surface area (Å²) < 4.78 is 37.4. The Bertz CT molecular complexity index is 487. The van der Waals surface area contributed by atoms with E-state index in [0.717, 1.165) is 0 Å². The molecule has 0 radical (unpaired) electrons. The summed E-state index contributed by atoms with van der Waals surface area (Å²) in [6.07, 6.45) is 2.57. The maximum absolute atomic E-state index is 12.5. The molecule has 4 nitrogen and oxygen atoms in total. The quantitative estimate of drug-likeness (QED) is 0.852. The van der Waals surface area contributed by atoms with Gasteiger partial charge in [0.15, 0.2) is 0 Å². The maximum Gasteiger partial charge on any atom is 0.447 e. The molecule has 110 valence electrons. The second kappa shape index (κ2) is 6.01. The van der Waals surface area contributed by atoms with Crippen LogP contribution < -0.4 is 5.73 Å². The van der Waals surface area contributed by atoms with Gasteiger partial charge in [-0.15, -0.1) is 0 Å². The zero-order valence-corrected chi connectivity index (χ0v) is 11.4. The number of halogens is 3. The number of nitrogens with zero attached hydrogens (tertiary/aromatic N) is 2. The summed E-state index contributed by atoms with van der Waals surface area (Å²) in [5, 5.41) is -0.306. The molecule has 1 saturated heterocycles. The smallest absolute Gasteiger partial charge is 0.338 e. The fourth-order valence-electron chi connectivity index (χ4n) is 2.02. The molecule has 0 bridgehead atoms. The van der Waals surface area contributed by atoms with Crippen LogP contribution in [0, 0.1) is 0 Å². The second-order valence-corrected chi connectivity index (χ2v) is 5.59. The third kappa shape index (κ3) is 3.86. The summed E-state index contributed by atoms with van der Waals surface area (Å²) in [7, 11) is 0. The lowest BCUT2D eigenvalue weighted by Crippen LogP contribution is -2.43. The number of piperidine rings is 1. The van der Waals surface area contributed by atoms with Gasteiger partial charge in [-0.3, -0.25) is 4.79 Å². The molecule has 0 spiro atoms. The highest BCUT2D eigenvalue weighted by molar-refractivity contribution is 8.00. The Kier molecular flexibility index (Phi) is 4.54. The Morgan fingerprint density at radius 1 is 1.40 bits per heavy atom. The molecule has 0 aromatic carbocycles. The van der Waals surface area contributed by atoms with Crippen LogP contribution in [0.25, 0.3) is 0 Å². The van der Waals surface area contributed by atoms with E-state index >= 15 is 0 Å². The third-order valence-corrected chi connectivity index (χ3v) is 3.79. The molecule has 0 unspecified atom stereocenters. The first-order valence-corrected chi connectivity index (χ1v) is 6.94. The zero-order valence-electron chi connectivity index (χ0n) is 10.6. The van der Waals surface area contributed by atoms with Crippen LogP contribution in [-0.2, 0) is 0 Å². The summed E-state index contributed by atoms with van der Waals surface area (Å²) in [4.78, 5) is 17.5. The normalized spacial score (nSPS) is 17.3. The summed E-state index contributed by atoms with van der Waals surface area (Å²) in [5.41, 5.74) is 1.27. The van der Waals surface area contributed by atoms with Crippen molar-refractivity contribution in [3.63, 3.8) is 0 Å². The SMILES string of the molecule is NC1CCN(C(=O)c2cccnc2SC(F)(F)F)CC1. The Hall–Kier alpha value is -1.28. The number of likely N-dealkylation sites (tertiary alicyclic amines) is 1. The van der Waals surface area contributed by atoms with Crippen LogP contribution in [0.2, 0.25) is 0 Å². The van der Waals surface area contributed by atoms with Gasteiger partial charge in [-0.2, -0.15) is 13.2 Å². The molecule has 0 atom stereocenters. The number of carbonyl (C=O) groups is 1. The Morgan fingerprint density at radius 3 is 2.65 bits per heavy atom. The number of alkyl halides is 3. The fraction of sp³-hybridized carbons (Fsp3) is 0.500. The lowest BCUT2D eigenvalue weighted by Gasteiger charge is -2.30. The van der Waals surface area contributed by atoms with Gasteiger partial charge in [0, 0.05) is 37.1 Å². The van der Waals surface area contributed by atoms with Crippen LogP contribution in [0.1, 0.15) is 23.2 Å². The Labute approximate surface area is 118 Å². The van der Waals surface area contributed by atoms with E-state index in [1.54, 1.807) is 0 Å². The van der Waals surface area contributed by atoms with Gasteiger partial charge in [0.25, 0.3) is 5.91 Å². The largest absolute Gasteiger partial charge is 0.447 e. The number of hydrogen-bond donors (Lipinski definition) is 1. The van der Waals surface area contributed by atoms with Gasteiger partial charge in [-0.25, -0.2) is 4.98 Å². The number of nitrogens with two attached hydrogens (primary N) is 1. The van der Waals surface area contributed by atoms with Crippen LogP contribution in [0.5, 0.6) is 0 Å². The lowest BCUT2D eigenvalue weighted by molar-refractivity contribution is -0.0329. The van der Waals surface area contributed by atoms with Gasteiger partial charge in [-0.05, 0) is 25.0 Å². The van der Waals surface area contributed by atoms with Crippen LogP contribution in [-0.4, -0.2) is 40.4 Å². The number of hydrogen-bond acceptors (Lipinski definition) is 4. The van der Waals surface area contributed by atoms with Crippen molar-refractivity contribution in [1.29, 1.82) is 0 Å². The van der Waals surface area contributed by atoms with Gasteiger partial charge in [-0.1, -0.05) is 0 Å². The average Bonchev–Trinajstić information content (AvgIpc) is 2.37. The van der Waals surface area contributed by atoms with E-state index in [-0.39, 0.29) is 28.4 Å². The summed E-state index contributed by atoms with van der Waals surface area (Å²) in [6.45, 7) is 0.927. The standard InChI is InChI=1S/C12H14F3N3OS/c13-12(14,15)20-10-9(2-1-5-17-10)11(19)18-6-3-8(16)4-7-18/h1-2,5,8H,3-4,6-7,16H2. The van der Waals surface area contributed by atoms with E-state index in [2.05, 4.69) is 4.98 Å². The lowest BCUT2D eigenvalue weighted by atomic mass is 10.1. The van der Waals surface area contributed by atoms with Crippen molar-refractivity contribution < 1.29 is 18.0 Å². The molecule has 8 heteroatoms. The highest BCUT2D eigenvalue weighted by Gasteiger charge is 2.33. The van der Waals surface area contributed by atoms with E-state index in [0.29, 0.717) is 25.9 Å². The van der Waals surface area contributed by atoms with E-state index in [4.69, 9.17) is 5.73 Å². The van der Waals surface area contributed by atoms with E-state index < -0.39 is 11.4 Å². The van der Waals surface area contributed by atoms with Gasteiger partial charge in [0.1, 0.15) is 5.03 Å². The molecule has 2 heterocycles. The minimum absolute atomic E-state index is 0.00898. The number of rotatable bonds is 2. The second-order valence-electron chi connectivity index (χ2n) is 4.53. The van der Waals surface area contributed by atoms with Crippen LogP contribution >= 0.6 is 11.8 Å². The predicted octanol–water partition coefficient (Wildman–Crippen LogP) is 2.26. The summed E-state index contributed by atoms with van der Waals surface area (Å²) >= 11 is -0.363. The van der Waals surface area contributed by atoms with Gasteiger partial charge >= 0.3 is 5.51 Å². The van der Waals surface area contributed by atoms with Crippen molar-refractivity contribution in [3.8, 4) is 0 Å². The maximum atomic E-state index is 12.5. The number of amides is 1. The Morgan fingerprint density at radius 2 is 2.05 bits per heavy atom. The molecule has 1 aromatic rings. The number of thioether (sulfide) groups is 1. The first-order chi connectivity index (χ1) is 9.37. The summed E-state index contributed by atoms with van der Waals surface area (Å²) in [5.74, 6) is -0.420. The zero-order chi connectivity index (χ0) is 14.8. The molecular formula is C12H14F3N3OS. The number of carbonyl (C=O) groups excluding carboxylic acids is 1. The molecule has 1 aliphatic heterocycles. The topological polar surface area (TPSA) is 59.2 Å². The highest BCUT2D eigenvalue weighted by Crippen LogP contribution is 2.37. The van der Waals surface area contributed by atoms with Crippen molar-refractivity contribution >= 4 is 17.7 Å². The van der Waals surface area contributed by atoms with Crippen LogP contribution in [0.4, 0.5) is 13.2 Å². The first kappa shape index (κ1) is 15.1. The molecule has 1 amide bonds. The molecule has 20 heavy (non-hydrogen) atoms. The molecular weight excluding hydrogens is 291 g/mol. The minimum atomic E-state index is -4.46. The van der Waals surface area contributed by atoms with Crippen LogP contribution in [0.3, 0.4) is 0 Å². The summed E-state index contributed by atoms with van der Waals surface area (Å²) in [6, 6.07) is 2.89. The van der Waals surface area contributed by atoms with Crippen molar-refractivity contribution in [2.45, 2.75) is 29.4 Å². The van der Waals surface area contributed by atoms with Gasteiger partial charge in [0.2, 0.25) is 0 Å². The van der Waals surface area contributed by atoms with Crippen LogP contribution in [0.15, 0.2) is 23.4 Å². The van der Waals surface area contributed by atoms with E-state index in [1.165, 1.54) is 23.2 Å². The molecule has 2 rings (SSSR count). The number of pyridine rings is 1. The van der Waals surface area contributed by atoms with Crippen molar-refractivity contribution in [2.75, 3.05) is 13.1 Å². The number of aromatic nitrogens is 1. The van der Waals surface area contributed by atoms with E-state index in [1.807, 2.05) is 0 Å². The average molecular weight is 305 g/mol. The Balaban J connectivity index is 2.17. The van der Waals surface area contributed by atoms with Crippen molar-refractivity contribution in [2.24, 2.45) is 5.73 Å². The minimum Gasteiger partial charge on any atom is -0.338 e. The van der Waals surface area contributed by atoms with E-state index in [9.17, 15) is 18.0 Å². The highest BCUT2D eigenvalue weighted by atomic mass is 32.2. The van der Waals surface area contributed by atoms with Gasteiger partial charge in [0.05, 0.1) is 5.56 Å². The molecule has 1 fully saturated rings. The first-order valence-electron chi connectivity index (χ1n) is 6.12. The van der Waals surface area contributed by atoms with Crippen molar-refractivity contribution in [1.82, 2.24) is 9.88 Å². The fourth-order valence-corrected chi connectivity index (χ4v) is 2.62. The monoisotopic (exact) mass is 305 g/mol. The molecule has 0 saturated carbocycles. The molecule has 0 aliphatic carbocycles. The van der Waals surface area contributed by atoms with Gasteiger partial charge < -0.3 is 10.6 Å². The predicted molar refractivity (Wildman–Crippen MR) is 69.3 cm³/mol. The molecule has 2 N–H and O–H groups in total.